The molecule has 0 radical (unpaired) electrons. The van der Waals surface area contributed by atoms with Crippen LogP contribution in [-0.2, 0) is 24.0 Å². The standard InChI is InChI=1S/C30H34ClN7O9S2/c1-30(2,28(45)46)47-36-21(18-14-49-29(32)34-18)25(43)35-22-26(44)37-19(12-39)16(13-48-27(22)37)11-38(6-3-4-7-38)8-5-33-24(42)15-9-17(31)23(41)20(40)10-15/h9-10,12,14,22,27H,3-8,11,13H2,1-2H3,(H6-,32,33,34,35,36,40,41,42,43,45,46)/p+1/t22-,27-/m1/s1. The molecule has 262 valence electrons. The predicted octanol–water partition coefficient (Wildman–Crippen LogP) is 1.27. The van der Waals surface area contributed by atoms with Crippen LogP contribution in [0.2, 0.25) is 5.02 Å². The molecule has 7 N–H and O–H groups in total. The van der Waals surface area contributed by atoms with Gasteiger partial charge in [0.25, 0.3) is 17.7 Å². The van der Waals surface area contributed by atoms with Crippen LogP contribution >= 0.6 is 34.7 Å². The number of phenolic OH excluding ortho intramolecular Hbond substituents is 2. The number of carboxylic acids is 1. The summed E-state index contributed by atoms with van der Waals surface area (Å²) in [7, 11) is 0. The van der Waals surface area contributed by atoms with E-state index in [9.17, 15) is 39.3 Å². The predicted molar refractivity (Wildman–Crippen MR) is 180 cm³/mol. The number of thiazole rings is 1. The number of aldehydes is 1. The highest BCUT2D eigenvalue weighted by Gasteiger charge is 2.53. The van der Waals surface area contributed by atoms with Crippen molar-refractivity contribution in [3.8, 4) is 11.5 Å². The highest BCUT2D eigenvalue weighted by atomic mass is 35.5. The Bertz CT molecular complexity index is 1730. The first-order chi connectivity index (χ1) is 23.2. The number of quaternary nitrogens is 1. The lowest BCUT2D eigenvalue weighted by Crippen LogP contribution is -2.71. The van der Waals surface area contributed by atoms with E-state index >= 15 is 0 Å². The number of aliphatic carboxylic acids is 1. The number of anilines is 1. The van der Waals surface area contributed by atoms with Crippen molar-refractivity contribution >= 4 is 75.5 Å². The fourth-order valence-corrected chi connectivity index (χ4v) is 7.94. The van der Waals surface area contributed by atoms with E-state index in [4.69, 9.17) is 22.2 Å². The van der Waals surface area contributed by atoms with Gasteiger partial charge in [-0.25, -0.2) is 9.78 Å². The van der Waals surface area contributed by atoms with Crippen molar-refractivity contribution in [1.82, 2.24) is 20.5 Å². The topological polar surface area (TPSA) is 234 Å². The number of carbonyl (C=O) groups is 5. The summed E-state index contributed by atoms with van der Waals surface area (Å²) in [6, 6.07) is 1.39. The third-order valence-corrected chi connectivity index (χ3v) is 10.9. The number of carboxylic acid groups (broad SMARTS) is 1. The van der Waals surface area contributed by atoms with E-state index in [2.05, 4.69) is 20.8 Å². The number of oxime groups is 1. The Kier molecular flexibility index (Phi) is 10.4. The number of aromatic hydroxyl groups is 2. The molecule has 19 heteroatoms. The Labute approximate surface area is 293 Å². The Balaban J connectivity index is 1.26. The quantitative estimate of drug-likeness (QED) is 0.0426. The number of rotatable bonds is 13. The van der Waals surface area contributed by atoms with E-state index in [0.29, 0.717) is 29.6 Å². The summed E-state index contributed by atoms with van der Waals surface area (Å²) >= 11 is 8.32. The second-order valence-electron chi connectivity index (χ2n) is 12.3. The zero-order valence-corrected chi connectivity index (χ0v) is 28.9. The van der Waals surface area contributed by atoms with Crippen LogP contribution in [0.1, 0.15) is 42.7 Å². The summed E-state index contributed by atoms with van der Waals surface area (Å²) < 4.78 is 0.589. The summed E-state index contributed by atoms with van der Waals surface area (Å²) in [6.45, 7) is 5.44. The summed E-state index contributed by atoms with van der Waals surface area (Å²) in [6.07, 6.45) is 2.56. The molecule has 2 saturated heterocycles. The summed E-state index contributed by atoms with van der Waals surface area (Å²) in [5.41, 5.74) is 4.76. The Hall–Kier alpha value is -4.39. The number of carbonyl (C=O) groups excluding carboxylic acids is 4. The molecule has 1 aromatic heterocycles. The first-order valence-electron chi connectivity index (χ1n) is 15.1. The molecule has 0 saturated carbocycles. The third-order valence-electron chi connectivity index (χ3n) is 8.57. The number of halogens is 1. The van der Waals surface area contributed by atoms with Crippen molar-refractivity contribution in [2.24, 2.45) is 5.16 Å². The summed E-state index contributed by atoms with van der Waals surface area (Å²) in [5.74, 6) is -3.70. The molecule has 0 aliphatic carbocycles. The zero-order valence-electron chi connectivity index (χ0n) is 26.5. The first-order valence-corrected chi connectivity index (χ1v) is 17.5. The minimum atomic E-state index is -1.76. The van der Waals surface area contributed by atoms with E-state index < -0.39 is 52.2 Å². The minimum absolute atomic E-state index is 0.0395. The van der Waals surface area contributed by atoms with E-state index in [-0.39, 0.29) is 39.4 Å². The number of nitrogens with one attached hydrogen (secondary N) is 2. The molecular formula is C30H35ClN7O9S2+. The summed E-state index contributed by atoms with van der Waals surface area (Å²) in [4.78, 5) is 74.0. The number of likely N-dealkylation sites (tertiary alicyclic amines) is 1. The molecule has 2 atom stereocenters. The minimum Gasteiger partial charge on any atom is -0.504 e. The number of phenols is 2. The maximum atomic E-state index is 13.4. The number of aromatic nitrogens is 1. The van der Waals surface area contributed by atoms with Gasteiger partial charge in [-0.05, 0) is 26.0 Å². The Morgan fingerprint density at radius 1 is 1.27 bits per heavy atom. The molecule has 3 aliphatic heterocycles. The average molecular weight is 737 g/mol. The maximum absolute atomic E-state index is 13.4. The van der Waals surface area contributed by atoms with Crippen LogP contribution in [-0.4, -0.2) is 121 Å². The van der Waals surface area contributed by atoms with Gasteiger partial charge < -0.3 is 41.0 Å². The van der Waals surface area contributed by atoms with Crippen molar-refractivity contribution in [3.05, 3.63) is 45.1 Å². The van der Waals surface area contributed by atoms with Gasteiger partial charge in [0.2, 0.25) is 5.60 Å². The van der Waals surface area contributed by atoms with Crippen LogP contribution in [0.3, 0.4) is 0 Å². The van der Waals surface area contributed by atoms with Gasteiger partial charge in [0.1, 0.15) is 23.7 Å². The van der Waals surface area contributed by atoms with Gasteiger partial charge in [0.15, 0.2) is 28.6 Å². The molecule has 2 fully saturated rings. The number of hydrogen-bond donors (Lipinski definition) is 6. The molecule has 0 unspecified atom stereocenters. The largest absolute Gasteiger partial charge is 0.504 e. The summed E-state index contributed by atoms with van der Waals surface area (Å²) in [5, 5.41) is 39.0. The molecule has 5 rings (SSSR count). The monoisotopic (exact) mass is 736 g/mol. The molecule has 16 nitrogen and oxygen atoms in total. The van der Waals surface area contributed by atoms with E-state index in [1.165, 1.54) is 42.0 Å². The van der Waals surface area contributed by atoms with Crippen molar-refractivity contribution in [2.75, 3.05) is 44.2 Å². The van der Waals surface area contributed by atoms with Crippen molar-refractivity contribution in [1.29, 1.82) is 0 Å². The molecule has 1 aromatic carbocycles. The van der Waals surface area contributed by atoms with E-state index in [0.717, 1.165) is 48.9 Å². The van der Waals surface area contributed by atoms with Gasteiger partial charge >= 0.3 is 5.97 Å². The SMILES string of the molecule is CC(C)(O/N=C(\C(=O)N[C@@H]1C(=O)N2C(C=O)=C(C[N+]3(CCNC(=O)c4cc(O)c(O)c(Cl)c4)CCCC3)CS[C@H]12)c1csc(N)n1)C(=O)O. The fraction of sp³-hybridized carbons (Fsp3) is 0.433. The number of nitrogen functional groups attached to an aromatic ring is 1. The highest BCUT2D eigenvalue weighted by molar-refractivity contribution is 8.00. The third kappa shape index (κ3) is 7.46. The van der Waals surface area contributed by atoms with Crippen molar-refractivity contribution in [3.63, 3.8) is 0 Å². The van der Waals surface area contributed by atoms with Gasteiger partial charge in [0.05, 0.1) is 36.9 Å². The molecule has 2 aromatic rings. The van der Waals surface area contributed by atoms with Crippen LogP contribution in [0.25, 0.3) is 0 Å². The molecule has 49 heavy (non-hydrogen) atoms. The van der Waals surface area contributed by atoms with E-state index in [1.54, 1.807) is 0 Å². The van der Waals surface area contributed by atoms with Crippen LogP contribution in [0.15, 0.2) is 33.9 Å². The van der Waals surface area contributed by atoms with Gasteiger partial charge in [0, 0.05) is 35.1 Å². The fourth-order valence-electron chi connectivity index (χ4n) is 5.83. The lowest BCUT2D eigenvalue weighted by Gasteiger charge is -2.50. The average Bonchev–Trinajstić information content (AvgIpc) is 3.70. The van der Waals surface area contributed by atoms with Crippen LogP contribution in [0, 0.1) is 0 Å². The normalized spacial score (nSPS) is 20.3. The van der Waals surface area contributed by atoms with Crippen LogP contribution in [0.5, 0.6) is 11.5 Å². The first kappa shape index (κ1) is 35.9. The number of nitrogens with two attached hydrogens (primary N) is 1. The van der Waals surface area contributed by atoms with Crippen molar-refractivity contribution < 1.29 is 48.6 Å². The second kappa shape index (κ2) is 14.2. The lowest BCUT2D eigenvalue weighted by atomic mass is 10.0. The lowest BCUT2D eigenvalue weighted by molar-refractivity contribution is -0.911. The molecule has 0 spiro atoms. The molecule has 4 heterocycles. The van der Waals surface area contributed by atoms with Crippen molar-refractivity contribution in [2.45, 2.75) is 43.7 Å². The van der Waals surface area contributed by atoms with Gasteiger partial charge in [-0.1, -0.05) is 16.8 Å². The number of allylic oxidation sites excluding steroid dienone is 1. The Morgan fingerprint density at radius 3 is 2.59 bits per heavy atom. The smallest absolute Gasteiger partial charge is 0.350 e. The number of β-lactam (4-membered cyclic amide) rings is 1. The Morgan fingerprint density at radius 2 is 1.98 bits per heavy atom. The number of benzene rings is 1. The van der Waals surface area contributed by atoms with Gasteiger partial charge in [-0.3, -0.25) is 24.1 Å². The number of thioether (sulfide) groups is 1. The van der Waals surface area contributed by atoms with Crippen LogP contribution < -0.4 is 16.4 Å². The molecule has 3 aliphatic rings. The number of fused-ring (bicyclic) bond motifs is 1. The molecular weight excluding hydrogens is 702 g/mol. The second-order valence-corrected chi connectivity index (χ2v) is 14.7. The van der Waals surface area contributed by atoms with E-state index in [1.807, 2.05) is 0 Å². The number of amides is 3. The highest BCUT2D eigenvalue weighted by Crippen LogP contribution is 2.41. The van der Waals surface area contributed by atoms with Gasteiger partial charge in [-0.15, -0.1) is 23.1 Å². The zero-order chi connectivity index (χ0) is 35.7. The molecule has 0 bridgehead atoms. The molecule has 3 amide bonds. The maximum Gasteiger partial charge on any atom is 0.350 e. The number of nitrogens with zero attached hydrogens (tertiary/aromatic N) is 4. The number of hydrogen-bond acceptors (Lipinski definition) is 13. The van der Waals surface area contributed by atoms with Crippen LogP contribution in [0.4, 0.5) is 5.13 Å². The van der Waals surface area contributed by atoms with Gasteiger partial charge in [-0.2, -0.15) is 0 Å².